The van der Waals surface area contributed by atoms with Crippen LogP contribution in [-0.2, 0) is 0 Å². The normalized spacial score (nSPS) is 19.5. The van der Waals surface area contributed by atoms with E-state index in [4.69, 9.17) is 17.3 Å². The van der Waals surface area contributed by atoms with Crippen LogP contribution in [-0.4, -0.2) is 24.5 Å². The molecule has 0 aromatic heterocycles. The zero-order valence-electron chi connectivity index (χ0n) is 10.5. The number of hydrogen-bond acceptors (Lipinski definition) is 2. The molecule has 1 saturated heterocycles. The molecule has 1 aromatic rings. The zero-order valence-corrected chi connectivity index (χ0v) is 11.3. The van der Waals surface area contributed by atoms with Gasteiger partial charge in [-0.2, -0.15) is 0 Å². The molecule has 1 atom stereocenters. The molecular weight excluding hydrogens is 251 g/mol. The van der Waals surface area contributed by atoms with E-state index in [1.807, 2.05) is 6.07 Å². The first kappa shape index (κ1) is 13.8. The minimum Gasteiger partial charge on any atom is -0.329 e. The van der Waals surface area contributed by atoms with Crippen LogP contribution >= 0.6 is 11.6 Å². The highest BCUT2D eigenvalue weighted by Crippen LogP contribution is 2.26. The zero-order chi connectivity index (χ0) is 13.0. The molecule has 1 heterocycles. The van der Waals surface area contributed by atoms with Crippen LogP contribution < -0.4 is 5.73 Å². The Hall–Kier alpha value is -0.640. The Morgan fingerprint density at radius 1 is 1.22 bits per heavy atom. The van der Waals surface area contributed by atoms with E-state index >= 15 is 0 Å². The highest BCUT2D eigenvalue weighted by atomic mass is 35.5. The van der Waals surface area contributed by atoms with E-state index in [0.717, 1.165) is 18.7 Å². The van der Waals surface area contributed by atoms with Crippen LogP contribution in [0.5, 0.6) is 0 Å². The van der Waals surface area contributed by atoms with Gasteiger partial charge in [-0.3, -0.25) is 4.90 Å². The van der Waals surface area contributed by atoms with E-state index < -0.39 is 0 Å². The van der Waals surface area contributed by atoms with Gasteiger partial charge in [-0.15, -0.1) is 0 Å². The van der Waals surface area contributed by atoms with Crippen molar-refractivity contribution in [3.8, 4) is 0 Å². The SMILES string of the molecule is NCC(c1ccc(Cl)c(F)c1)N1CCCCCC1. The Kier molecular flexibility index (Phi) is 4.98. The first-order valence-electron chi connectivity index (χ1n) is 6.61. The van der Waals surface area contributed by atoms with Crippen LogP contribution in [0.4, 0.5) is 4.39 Å². The van der Waals surface area contributed by atoms with Gasteiger partial charge in [0, 0.05) is 12.6 Å². The molecule has 0 spiro atoms. The molecule has 2 rings (SSSR count). The number of benzene rings is 1. The van der Waals surface area contributed by atoms with Gasteiger partial charge in [-0.1, -0.05) is 30.5 Å². The van der Waals surface area contributed by atoms with Gasteiger partial charge >= 0.3 is 0 Å². The Morgan fingerprint density at radius 2 is 1.89 bits per heavy atom. The van der Waals surface area contributed by atoms with Crippen molar-refractivity contribution in [1.82, 2.24) is 4.90 Å². The molecule has 1 aliphatic rings. The predicted octanol–water partition coefficient (Wildman–Crippen LogP) is 3.35. The summed E-state index contributed by atoms with van der Waals surface area (Å²) in [5, 5.41) is 0.172. The van der Waals surface area contributed by atoms with Crippen molar-refractivity contribution >= 4 is 11.6 Å². The summed E-state index contributed by atoms with van der Waals surface area (Å²) in [7, 11) is 0. The molecule has 4 heteroatoms. The summed E-state index contributed by atoms with van der Waals surface area (Å²) in [6.45, 7) is 2.61. The average molecular weight is 271 g/mol. The van der Waals surface area contributed by atoms with Crippen LogP contribution in [0.3, 0.4) is 0 Å². The molecule has 1 unspecified atom stereocenters. The number of nitrogens with two attached hydrogens (primary N) is 1. The summed E-state index contributed by atoms with van der Waals surface area (Å²) in [5.41, 5.74) is 6.81. The van der Waals surface area contributed by atoms with Gasteiger partial charge in [0.15, 0.2) is 0 Å². The van der Waals surface area contributed by atoms with Crippen molar-refractivity contribution < 1.29 is 4.39 Å². The predicted molar refractivity (Wildman–Crippen MR) is 73.2 cm³/mol. The lowest BCUT2D eigenvalue weighted by atomic mass is 10.0. The summed E-state index contributed by atoms with van der Waals surface area (Å²) in [6.07, 6.45) is 4.96. The smallest absolute Gasteiger partial charge is 0.142 e. The highest BCUT2D eigenvalue weighted by Gasteiger charge is 2.20. The van der Waals surface area contributed by atoms with Crippen LogP contribution in [0.25, 0.3) is 0 Å². The Balaban J connectivity index is 2.17. The summed E-state index contributed by atoms with van der Waals surface area (Å²) in [4.78, 5) is 2.37. The molecule has 18 heavy (non-hydrogen) atoms. The molecule has 1 aliphatic heterocycles. The second-order valence-electron chi connectivity index (χ2n) is 4.88. The fourth-order valence-corrected chi connectivity index (χ4v) is 2.74. The van der Waals surface area contributed by atoms with Crippen LogP contribution in [0, 0.1) is 5.82 Å². The van der Waals surface area contributed by atoms with Gasteiger partial charge in [0.05, 0.1) is 5.02 Å². The van der Waals surface area contributed by atoms with Gasteiger partial charge in [0.1, 0.15) is 5.82 Å². The van der Waals surface area contributed by atoms with Crippen molar-refractivity contribution in [3.63, 3.8) is 0 Å². The Bertz CT molecular complexity index is 389. The summed E-state index contributed by atoms with van der Waals surface area (Å²) in [5.74, 6) is -0.359. The molecule has 0 aliphatic carbocycles. The van der Waals surface area contributed by atoms with Gasteiger partial charge in [-0.05, 0) is 43.6 Å². The van der Waals surface area contributed by atoms with Crippen LogP contribution in [0.1, 0.15) is 37.3 Å². The van der Waals surface area contributed by atoms with Gasteiger partial charge in [-0.25, -0.2) is 4.39 Å². The third kappa shape index (κ3) is 3.22. The largest absolute Gasteiger partial charge is 0.329 e. The minimum atomic E-state index is -0.359. The van der Waals surface area contributed by atoms with Crippen molar-refractivity contribution in [2.75, 3.05) is 19.6 Å². The number of nitrogens with zero attached hydrogens (tertiary/aromatic N) is 1. The van der Waals surface area contributed by atoms with E-state index in [2.05, 4.69) is 4.90 Å². The van der Waals surface area contributed by atoms with E-state index in [0.29, 0.717) is 6.54 Å². The van der Waals surface area contributed by atoms with Crippen molar-refractivity contribution in [1.29, 1.82) is 0 Å². The summed E-state index contributed by atoms with van der Waals surface area (Å²) < 4.78 is 13.5. The lowest BCUT2D eigenvalue weighted by molar-refractivity contribution is 0.209. The Morgan fingerprint density at radius 3 is 2.44 bits per heavy atom. The maximum absolute atomic E-state index is 13.5. The standard InChI is InChI=1S/C14H20ClFN2/c15-12-6-5-11(9-13(12)16)14(10-17)18-7-3-1-2-4-8-18/h5-6,9,14H,1-4,7-8,10,17H2. The number of hydrogen-bond donors (Lipinski definition) is 1. The van der Waals surface area contributed by atoms with E-state index in [1.165, 1.54) is 31.7 Å². The average Bonchev–Trinajstić information content (AvgIpc) is 2.64. The first-order chi connectivity index (χ1) is 8.72. The van der Waals surface area contributed by atoms with Gasteiger partial charge in [0.25, 0.3) is 0 Å². The quantitative estimate of drug-likeness (QED) is 0.913. The molecule has 0 amide bonds. The fraction of sp³-hybridized carbons (Fsp3) is 0.571. The highest BCUT2D eigenvalue weighted by molar-refractivity contribution is 6.30. The molecule has 100 valence electrons. The molecule has 2 N–H and O–H groups in total. The van der Waals surface area contributed by atoms with Crippen LogP contribution in [0.2, 0.25) is 5.02 Å². The number of rotatable bonds is 3. The summed E-state index contributed by atoms with van der Waals surface area (Å²) >= 11 is 5.72. The summed E-state index contributed by atoms with van der Waals surface area (Å²) in [6, 6.07) is 5.13. The molecular formula is C14H20ClFN2. The maximum Gasteiger partial charge on any atom is 0.142 e. The molecule has 1 aromatic carbocycles. The molecule has 0 bridgehead atoms. The third-order valence-corrected chi connectivity index (χ3v) is 3.94. The van der Waals surface area contributed by atoms with E-state index in [-0.39, 0.29) is 16.9 Å². The van der Waals surface area contributed by atoms with Crippen molar-refractivity contribution in [2.24, 2.45) is 5.73 Å². The lowest BCUT2D eigenvalue weighted by Gasteiger charge is -2.30. The molecule has 2 nitrogen and oxygen atoms in total. The van der Waals surface area contributed by atoms with Crippen molar-refractivity contribution in [3.05, 3.63) is 34.6 Å². The Labute approximate surface area is 113 Å². The first-order valence-corrected chi connectivity index (χ1v) is 6.99. The number of likely N-dealkylation sites (tertiary alicyclic amines) is 1. The molecule has 0 saturated carbocycles. The third-order valence-electron chi connectivity index (χ3n) is 3.63. The van der Waals surface area contributed by atoms with Gasteiger partial charge in [0.2, 0.25) is 0 Å². The minimum absolute atomic E-state index is 0.106. The second kappa shape index (κ2) is 6.50. The monoisotopic (exact) mass is 270 g/mol. The van der Waals surface area contributed by atoms with E-state index in [9.17, 15) is 4.39 Å². The number of halogens is 2. The fourth-order valence-electron chi connectivity index (χ4n) is 2.62. The maximum atomic E-state index is 13.5. The topological polar surface area (TPSA) is 29.3 Å². The second-order valence-corrected chi connectivity index (χ2v) is 5.28. The lowest BCUT2D eigenvalue weighted by Crippen LogP contribution is -2.34. The van der Waals surface area contributed by atoms with E-state index in [1.54, 1.807) is 6.07 Å². The molecule has 0 radical (unpaired) electrons. The van der Waals surface area contributed by atoms with Crippen LogP contribution in [0.15, 0.2) is 18.2 Å². The van der Waals surface area contributed by atoms with Crippen molar-refractivity contribution in [2.45, 2.75) is 31.7 Å². The van der Waals surface area contributed by atoms with Gasteiger partial charge < -0.3 is 5.73 Å². The molecule has 1 fully saturated rings.